The third kappa shape index (κ3) is 5.32. The van der Waals surface area contributed by atoms with E-state index < -0.39 is 0 Å². The first-order chi connectivity index (χ1) is 3.41. The first kappa shape index (κ1) is 6.32. The number of rotatable bonds is 2. The second-order valence-corrected chi connectivity index (χ2v) is 0.905. The molecule has 0 saturated carbocycles. The van der Waals surface area contributed by atoms with Crippen LogP contribution in [-0.4, -0.2) is 13.2 Å². The van der Waals surface area contributed by atoms with Crippen LogP contribution in [0.3, 0.4) is 0 Å². The van der Waals surface area contributed by atoms with Crippen molar-refractivity contribution in [2.45, 2.75) is 6.92 Å². The Morgan fingerprint density at radius 1 is 1.71 bits per heavy atom. The Bertz CT molecular complexity index is 77.8. The standard InChI is InChI=1S/C5H7O2/c1-2-4-7-5-3-6/h3,5H2,1H3. The van der Waals surface area contributed by atoms with E-state index in [1.54, 1.807) is 6.92 Å². The van der Waals surface area contributed by atoms with Crippen molar-refractivity contribution in [2.75, 3.05) is 13.2 Å². The van der Waals surface area contributed by atoms with Gasteiger partial charge in [-0.05, 0) is 0 Å². The van der Waals surface area contributed by atoms with Crippen LogP contribution in [0.15, 0.2) is 0 Å². The van der Waals surface area contributed by atoms with E-state index in [2.05, 4.69) is 16.8 Å². The molecule has 1 radical (unpaired) electrons. The van der Waals surface area contributed by atoms with E-state index in [4.69, 9.17) is 0 Å². The van der Waals surface area contributed by atoms with Crippen LogP contribution in [0.5, 0.6) is 0 Å². The molecule has 0 atom stereocenters. The van der Waals surface area contributed by atoms with Gasteiger partial charge in [0, 0.05) is 6.92 Å². The maximum atomic E-state index is 9.61. The number of hydrogen-bond acceptors (Lipinski definition) is 1. The van der Waals surface area contributed by atoms with E-state index in [1.807, 2.05) is 0 Å². The van der Waals surface area contributed by atoms with Crippen molar-refractivity contribution in [3.63, 3.8) is 0 Å². The molecule has 7 heavy (non-hydrogen) atoms. The summed E-state index contributed by atoms with van der Waals surface area (Å²) in [6.45, 7) is 1.64. The van der Waals surface area contributed by atoms with Crippen LogP contribution < -0.4 is 0 Å². The van der Waals surface area contributed by atoms with Gasteiger partial charge < -0.3 is 4.74 Å². The lowest BCUT2D eigenvalue weighted by Gasteiger charge is -1.85. The molecule has 0 heterocycles. The minimum absolute atomic E-state index is 0.195. The van der Waals surface area contributed by atoms with E-state index in [0.717, 1.165) is 0 Å². The van der Waals surface area contributed by atoms with Crippen LogP contribution in [0.1, 0.15) is 6.92 Å². The monoisotopic (exact) mass is 99.0 g/mol. The van der Waals surface area contributed by atoms with Crippen molar-refractivity contribution in [1.29, 1.82) is 0 Å². The summed E-state index contributed by atoms with van der Waals surface area (Å²) >= 11 is 0. The zero-order chi connectivity index (χ0) is 5.54. The van der Waals surface area contributed by atoms with Gasteiger partial charge in [0.1, 0.15) is 19.3 Å². The molecule has 0 N–H and O–H groups in total. The predicted molar refractivity (Wildman–Crippen MR) is 25.0 cm³/mol. The van der Waals surface area contributed by atoms with Crippen molar-refractivity contribution in [1.82, 2.24) is 0 Å². The van der Waals surface area contributed by atoms with E-state index in [1.165, 1.54) is 0 Å². The fourth-order valence-corrected chi connectivity index (χ4v) is 0.165. The predicted octanol–water partition coefficient (Wildman–Crippen LogP) is 0.414. The molecule has 0 bridgehead atoms. The molecule has 39 valence electrons. The van der Waals surface area contributed by atoms with E-state index in [-0.39, 0.29) is 13.2 Å². The average molecular weight is 99.1 g/mol. The Morgan fingerprint density at radius 3 is 2.86 bits per heavy atom. The highest BCUT2D eigenvalue weighted by Gasteiger charge is 1.73. The lowest BCUT2D eigenvalue weighted by molar-refractivity contribution is 0.124. The van der Waals surface area contributed by atoms with Crippen molar-refractivity contribution < 1.29 is 9.84 Å². The highest BCUT2D eigenvalue weighted by Crippen LogP contribution is 1.65. The Labute approximate surface area is 43.1 Å². The fraction of sp³-hybridized carbons (Fsp3) is 0.600. The van der Waals surface area contributed by atoms with Crippen LogP contribution in [0.25, 0.3) is 0 Å². The summed E-state index contributed by atoms with van der Waals surface area (Å²) in [6.07, 6.45) is 2.30. The molecule has 0 fully saturated rings. The van der Waals surface area contributed by atoms with Crippen LogP contribution in [0.2, 0.25) is 0 Å². The third-order valence-electron chi connectivity index (χ3n) is 0.360. The first-order valence-electron chi connectivity index (χ1n) is 2.03. The lowest BCUT2D eigenvalue weighted by Crippen LogP contribution is -1.90. The van der Waals surface area contributed by atoms with Gasteiger partial charge >= 0.3 is 0 Å². The summed E-state index contributed by atoms with van der Waals surface area (Å²) < 4.78 is 4.46. The van der Waals surface area contributed by atoms with Gasteiger partial charge in [0.2, 0.25) is 0 Å². The van der Waals surface area contributed by atoms with Gasteiger partial charge in [-0.25, -0.2) is 5.11 Å². The molecule has 0 aliphatic rings. The average Bonchev–Trinajstić information content (AvgIpc) is 1.69. The summed E-state index contributed by atoms with van der Waals surface area (Å²) in [5.41, 5.74) is 0. The maximum Gasteiger partial charge on any atom is 0.127 e. The normalized spacial score (nSPS) is 6.57. The molecule has 0 aliphatic carbocycles. The van der Waals surface area contributed by atoms with Crippen molar-refractivity contribution >= 4 is 0 Å². The number of hydrogen-bond donors (Lipinski definition) is 0. The quantitative estimate of drug-likeness (QED) is 0.364. The summed E-state index contributed by atoms with van der Waals surface area (Å²) in [6, 6.07) is 0. The Morgan fingerprint density at radius 2 is 2.43 bits per heavy atom. The van der Waals surface area contributed by atoms with Crippen LogP contribution in [0.4, 0.5) is 0 Å². The molecule has 0 aliphatic heterocycles. The molecule has 2 nitrogen and oxygen atoms in total. The smallest absolute Gasteiger partial charge is 0.127 e. The van der Waals surface area contributed by atoms with Crippen molar-refractivity contribution in [3.8, 4) is 12.0 Å². The van der Waals surface area contributed by atoms with Gasteiger partial charge in [0.15, 0.2) is 0 Å². The van der Waals surface area contributed by atoms with Crippen LogP contribution >= 0.6 is 0 Å². The minimum Gasteiger partial charge on any atom is -0.444 e. The third-order valence-corrected chi connectivity index (χ3v) is 0.360. The summed E-state index contributed by atoms with van der Waals surface area (Å²) in [5, 5.41) is 9.61. The highest BCUT2D eigenvalue weighted by atomic mass is 16.5. The molecule has 0 aromatic carbocycles. The molecule has 0 aromatic heterocycles. The van der Waals surface area contributed by atoms with Gasteiger partial charge in [0.25, 0.3) is 0 Å². The van der Waals surface area contributed by atoms with Gasteiger partial charge in [-0.15, -0.1) is 0 Å². The fourth-order valence-electron chi connectivity index (χ4n) is 0.165. The molecule has 0 rings (SSSR count). The van der Waals surface area contributed by atoms with Gasteiger partial charge in [-0.3, -0.25) is 0 Å². The maximum absolute atomic E-state index is 9.61. The molecule has 0 amide bonds. The number of ether oxygens (including phenoxy) is 1. The second-order valence-electron chi connectivity index (χ2n) is 0.905. The zero-order valence-corrected chi connectivity index (χ0v) is 4.23. The molecule has 0 spiro atoms. The van der Waals surface area contributed by atoms with Gasteiger partial charge in [-0.1, -0.05) is 5.92 Å². The van der Waals surface area contributed by atoms with Crippen molar-refractivity contribution in [2.24, 2.45) is 0 Å². The highest BCUT2D eigenvalue weighted by molar-refractivity contribution is 4.84. The topological polar surface area (TPSA) is 29.1 Å². The lowest BCUT2D eigenvalue weighted by atomic mass is 10.8. The Balaban J connectivity index is 2.78. The second kappa shape index (κ2) is 5.32. The van der Waals surface area contributed by atoms with Crippen LogP contribution in [0, 0.1) is 12.0 Å². The van der Waals surface area contributed by atoms with Gasteiger partial charge in [0.05, 0.1) is 0 Å². The Kier molecular flexibility index (Phi) is 4.80. The minimum atomic E-state index is -0.214. The molecule has 2 heteroatoms. The van der Waals surface area contributed by atoms with E-state index in [9.17, 15) is 5.11 Å². The van der Waals surface area contributed by atoms with Crippen LogP contribution in [-0.2, 0) is 9.84 Å². The van der Waals surface area contributed by atoms with E-state index >= 15 is 0 Å². The van der Waals surface area contributed by atoms with Gasteiger partial charge in [-0.2, -0.15) is 0 Å². The largest absolute Gasteiger partial charge is 0.444 e. The first-order valence-corrected chi connectivity index (χ1v) is 2.03. The summed E-state index contributed by atoms with van der Waals surface area (Å²) in [7, 11) is 0. The Hall–Kier alpha value is -0.680. The molecule has 0 saturated heterocycles. The van der Waals surface area contributed by atoms with Crippen molar-refractivity contribution in [3.05, 3.63) is 0 Å². The molecular weight excluding hydrogens is 92.1 g/mol. The molecular formula is C5H7O2. The van der Waals surface area contributed by atoms with E-state index in [0.29, 0.717) is 0 Å². The summed E-state index contributed by atoms with van der Waals surface area (Å²) in [5.74, 6) is 2.49. The molecule has 0 unspecified atom stereocenters. The molecule has 0 aromatic rings. The SMILES string of the molecule is CC#COCC[O]. The summed E-state index contributed by atoms with van der Waals surface area (Å²) in [4.78, 5) is 0. The zero-order valence-electron chi connectivity index (χ0n) is 4.23.